The zero-order chi connectivity index (χ0) is 14.8. The molecule has 7 nitrogen and oxygen atoms in total. The van der Waals surface area contributed by atoms with Crippen molar-refractivity contribution in [1.29, 1.82) is 0 Å². The van der Waals surface area contributed by atoms with Crippen molar-refractivity contribution in [3.8, 4) is 0 Å². The molecule has 1 unspecified atom stereocenters. The highest BCUT2D eigenvalue weighted by molar-refractivity contribution is 7.14. The van der Waals surface area contributed by atoms with E-state index in [2.05, 4.69) is 15.4 Å². The first-order valence-corrected chi connectivity index (χ1v) is 7.15. The van der Waals surface area contributed by atoms with Gasteiger partial charge in [0.25, 0.3) is 5.56 Å². The van der Waals surface area contributed by atoms with E-state index in [-0.39, 0.29) is 12.1 Å². The standard InChI is InChI=1S/C12H16N4O3S/c1-3-4-12(2,10(18)19)13-6-8-5-9(17)16-11(15-8)20-7-14-16/h5,7,13H,3-4,6H2,1-2H3,(H,18,19). The highest BCUT2D eigenvalue weighted by Crippen LogP contribution is 2.13. The van der Waals surface area contributed by atoms with Gasteiger partial charge in [0, 0.05) is 12.6 Å². The van der Waals surface area contributed by atoms with Crippen molar-refractivity contribution < 1.29 is 9.90 Å². The summed E-state index contributed by atoms with van der Waals surface area (Å²) in [7, 11) is 0. The number of fused-ring (bicyclic) bond motifs is 1. The molecule has 8 heteroatoms. The van der Waals surface area contributed by atoms with Gasteiger partial charge in [-0.05, 0) is 13.3 Å². The summed E-state index contributed by atoms with van der Waals surface area (Å²) in [5.41, 5.74) is 0.776. The van der Waals surface area contributed by atoms with Crippen LogP contribution in [0.3, 0.4) is 0 Å². The molecule has 0 aliphatic heterocycles. The molecular formula is C12H16N4O3S. The first-order valence-electron chi connectivity index (χ1n) is 6.27. The van der Waals surface area contributed by atoms with Crippen molar-refractivity contribution in [3.63, 3.8) is 0 Å². The number of nitrogens with one attached hydrogen (secondary N) is 1. The molecule has 2 aromatic rings. The van der Waals surface area contributed by atoms with E-state index < -0.39 is 11.5 Å². The minimum atomic E-state index is -1.02. The number of hydrogen-bond acceptors (Lipinski definition) is 6. The van der Waals surface area contributed by atoms with Crippen LogP contribution in [0.1, 0.15) is 32.4 Å². The summed E-state index contributed by atoms with van der Waals surface area (Å²) < 4.78 is 1.22. The summed E-state index contributed by atoms with van der Waals surface area (Å²) >= 11 is 1.26. The van der Waals surface area contributed by atoms with Gasteiger partial charge in [0.05, 0.1) is 5.69 Å². The molecule has 2 heterocycles. The Balaban J connectivity index is 2.19. The van der Waals surface area contributed by atoms with Gasteiger partial charge in [-0.15, -0.1) is 0 Å². The van der Waals surface area contributed by atoms with Gasteiger partial charge in [0.1, 0.15) is 11.0 Å². The molecule has 1 atom stereocenters. The summed E-state index contributed by atoms with van der Waals surface area (Å²) in [6.07, 6.45) is 1.25. The molecule has 0 fully saturated rings. The van der Waals surface area contributed by atoms with Crippen LogP contribution in [0.25, 0.3) is 4.96 Å². The number of carboxylic acids is 1. The van der Waals surface area contributed by atoms with Crippen LogP contribution in [0.5, 0.6) is 0 Å². The predicted octanol–water partition coefficient (Wildman–Crippen LogP) is 0.884. The number of aromatic nitrogens is 3. The second kappa shape index (κ2) is 5.68. The van der Waals surface area contributed by atoms with Gasteiger partial charge in [-0.3, -0.25) is 14.9 Å². The SMILES string of the molecule is CCCC(C)(NCc1cc(=O)n2ncsc2n1)C(=O)O. The fourth-order valence-electron chi connectivity index (χ4n) is 1.95. The molecule has 2 rings (SSSR count). The molecule has 108 valence electrons. The first kappa shape index (κ1) is 14.6. The maximum atomic E-state index is 11.8. The van der Waals surface area contributed by atoms with Crippen molar-refractivity contribution in [2.24, 2.45) is 0 Å². The minimum absolute atomic E-state index is 0.229. The first-order chi connectivity index (χ1) is 9.46. The van der Waals surface area contributed by atoms with Crippen LogP contribution in [0.15, 0.2) is 16.4 Å². The molecule has 0 aliphatic rings. The average Bonchev–Trinajstić information content (AvgIpc) is 2.85. The smallest absolute Gasteiger partial charge is 0.323 e. The minimum Gasteiger partial charge on any atom is -0.480 e. The topological polar surface area (TPSA) is 96.6 Å². The Hall–Kier alpha value is -1.80. The largest absolute Gasteiger partial charge is 0.480 e. The Labute approximate surface area is 119 Å². The van der Waals surface area contributed by atoms with Crippen LogP contribution < -0.4 is 10.9 Å². The second-order valence-corrected chi connectivity index (χ2v) is 5.57. The Morgan fingerprint density at radius 3 is 3.00 bits per heavy atom. The molecule has 0 saturated carbocycles. The molecule has 20 heavy (non-hydrogen) atoms. The second-order valence-electron chi connectivity index (χ2n) is 4.76. The van der Waals surface area contributed by atoms with Gasteiger partial charge in [0.2, 0.25) is 4.96 Å². The van der Waals surface area contributed by atoms with Gasteiger partial charge >= 0.3 is 5.97 Å². The van der Waals surface area contributed by atoms with E-state index in [1.54, 1.807) is 12.4 Å². The number of aliphatic carboxylic acids is 1. The van der Waals surface area contributed by atoms with Crippen LogP contribution in [-0.2, 0) is 11.3 Å². The Kier molecular flexibility index (Phi) is 4.15. The molecule has 0 spiro atoms. The third-order valence-electron chi connectivity index (χ3n) is 3.12. The average molecular weight is 296 g/mol. The van der Waals surface area contributed by atoms with Gasteiger partial charge in [-0.2, -0.15) is 9.61 Å². The molecule has 2 N–H and O–H groups in total. The molecule has 0 radical (unpaired) electrons. The lowest BCUT2D eigenvalue weighted by Gasteiger charge is -2.25. The molecule has 0 saturated heterocycles. The van der Waals surface area contributed by atoms with E-state index in [4.69, 9.17) is 0 Å². The van der Waals surface area contributed by atoms with E-state index in [0.717, 1.165) is 6.42 Å². The third-order valence-corrected chi connectivity index (χ3v) is 3.80. The third kappa shape index (κ3) is 2.86. The number of rotatable bonds is 6. The zero-order valence-corrected chi connectivity index (χ0v) is 12.1. The zero-order valence-electron chi connectivity index (χ0n) is 11.3. The van der Waals surface area contributed by atoms with Gasteiger partial charge in [-0.25, -0.2) is 4.98 Å². The van der Waals surface area contributed by atoms with Crippen LogP contribution in [-0.4, -0.2) is 31.2 Å². The summed E-state index contributed by atoms with van der Waals surface area (Å²) in [5.74, 6) is -0.907. The summed E-state index contributed by atoms with van der Waals surface area (Å²) in [4.78, 5) is 27.9. The van der Waals surface area contributed by atoms with Crippen LogP contribution in [0, 0.1) is 0 Å². The monoisotopic (exact) mass is 296 g/mol. The summed E-state index contributed by atoms with van der Waals surface area (Å²) in [6, 6.07) is 1.37. The van der Waals surface area contributed by atoms with Gasteiger partial charge in [0.15, 0.2) is 0 Å². The van der Waals surface area contributed by atoms with E-state index in [1.165, 1.54) is 21.9 Å². The lowest BCUT2D eigenvalue weighted by molar-refractivity contribution is -0.144. The highest BCUT2D eigenvalue weighted by Gasteiger charge is 2.31. The molecule has 0 amide bonds. The van der Waals surface area contributed by atoms with Crippen molar-refractivity contribution in [2.45, 2.75) is 38.8 Å². The predicted molar refractivity (Wildman–Crippen MR) is 74.9 cm³/mol. The van der Waals surface area contributed by atoms with E-state index in [0.29, 0.717) is 17.1 Å². The summed E-state index contributed by atoms with van der Waals surface area (Å²) in [6.45, 7) is 3.79. The number of carbonyl (C=O) groups is 1. The maximum Gasteiger partial charge on any atom is 0.323 e. The van der Waals surface area contributed by atoms with Crippen molar-refractivity contribution in [3.05, 3.63) is 27.6 Å². The van der Waals surface area contributed by atoms with Crippen LogP contribution in [0.4, 0.5) is 0 Å². The maximum absolute atomic E-state index is 11.8. The van der Waals surface area contributed by atoms with E-state index in [9.17, 15) is 14.7 Å². The normalized spacial score (nSPS) is 14.3. The number of carboxylic acid groups (broad SMARTS) is 1. The van der Waals surface area contributed by atoms with E-state index in [1.807, 2.05) is 6.92 Å². The van der Waals surface area contributed by atoms with Gasteiger partial charge in [-0.1, -0.05) is 24.7 Å². The summed E-state index contributed by atoms with van der Waals surface area (Å²) in [5, 5.41) is 16.1. The lowest BCUT2D eigenvalue weighted by atomic mass is 9.96. The molecular weight excluding hydrogens is 280 g/mol. The number of nitrogens with zero attached hydrogens (tertiary/aromatic N) is 3. The fraction of sp³-hybridized carbons (Fsp3) is 0.500. The van der Waals surface area contributed by atoms with Crippen molar-refractivity contribution >= 4 is 22.3 Å². The molecule has 0 bridgehead atoms. The van der Waals surface area contributed by atoms with E-state index >= 15 is 0 Å². The molecule has 2 aromatic heterocycles. The van der Waals surface area contributed by atoms with Crippen LogP contribution >= 0.6 is 11.3 Å². The Morgan fingerprint density at radius 2 is 2.35 bits per heavy atom. The van der Waals surface area contributed by atoms with Crippen molar-refractivity contribution in [1.82, 2.24) is 19.9 Å². The Bertz CT molecular complexity index is 681. The molecule has 0 aliphatic carbocycles. The fourth-order valence-corrected chi connectivity index (χ4v) is 2.59. The van der Waals surface area contributed by atoms with Crippen LogP contribution in [0.2, 0.25) is 0 Å². The quantitative estimate of drug-likeness (QED) is 0.821. The van der Waals surface area contributed by atoms with Crippen molar-refractivity contribution in [2.75, 3.05) is 0 Å². The Morgan fingerprint density at radius 1 is 1.60 bits per heavy atom. The number of hydrogen-bond donors (Lipinski definition) is 2. The van der Waals surface area contributed by atoms with Gasteiger partial charge < -0.3 is 5.11 Å². The lowest BCUT2D eigenvalue weighted by Crippen LogP contribution is -2.49. The molecule has 0 aromatic carbocycles. The highest BCUT2D eigenvalue weighted by atomic mass is 32.1.